The first-order valence-corrected chi connectivity index (χ1v) is 5.79. The summed E-state index contributed by atoms with van der Waals surface area (Å²) >= 11 is 0. The Balaban J connectivity index is 1.98. The zero-order chi connectivity index (χ0) is 11.9. The Bertz CT molecular complexity index is 316. The van der Waals surface area contributed by atoms with E-state index in [1.54, 1.807) is 0 Å². The standard InChI is InChI=1S/C11H18N2O3/c1-5(11(15)16)13-10(14)8-6-2-3-7(4-6)9(8)12/h5-9H,2-4,12H2,1H3,(H,13,14)(H,15,16). The van der Waals surface area contributed by atoms with E-state index in [1.165, 1.54) is 6.92 Å². The molecule has 0 radical (unpaired) electrons. The summed E-state index contributed by atoms with van der Waals surface area (Å²) in [6, 6.07) is -0.918. The van der Waals surface area contributed by atoms with Crippen molar-refractivity contribution in [3.8, 4) is 0 Å². The lowest BCUT2D eigenvalue weighted by Gasteiger charge is -2.27. The molecule has 2 rings (SSSR count). The average molecular weight is 226 g/mol. The van der Waals surface area contributed by atoms with E-state index in [-0.39, 0.29) is 17.9 Å². The second-order valence-corrected chi connectivity index (χ2v) is 5.00. The molecule has 0 spiro atoms. The van der Waals surface area contributed by atoms with Gasteiger partial charge in [0.2, 0.25) is 5.91 Å². The molecule has 0 saturated heterocycles. The van der Waals surface area contributed by atoms with Crippen molar-refractivity contribution in [3.63, 3.8) is 0 Å². The zero-order valence-electron chi connectivity index (χ0n) is 9.35. The van der Waals surface area contributed by atoms with Gasteiger partial charge in [-0.05, 0) is 38.0 Å². The van der Waals surface area contributed by atoms with Crippen molar-refractivity contribution in [2.24, 2.45) is 23.5 Å². The van der Waals surface area contributed by atoms with Crippen molar-refractivity contribution in [2.45, 2.75) is 38.3 Å². The first-order valence-electron chi connectivity index (χ1n) is 5.79. The topological polar surface area (TPSA) is 92.4 Å². The maximum atomic E-state index is 11.9. The number of carboxylic acid groups (broad SMARTS) is 1. The van der Waals surface area contributed by atoms with Gasteiger partial charge in [0.1, 0.15) is 6.04 Å². The molecule has 1 amide bonds. The monoisotopic (exact) mass is 226 g/mol. The first kappa shape index (κ1) is 11.4. The van der Waals surface area contributed by atoms with E-state index in [0.717, 1.165) is 19.3 Å². The van der Waals surface area contributed by atoms with Crippen LogP contribution in [0.2, 0.25) is 0 Å². The summed E-state index contributed by atoms with van der Waals surface area (Å²) in [6.07, 6.45) is 3.20. The Morgan fingerprint density at radius 1 is 1.38 bits per heavy atom. The quantitative estimate of drug-likeness (QED) is 0.629. The summed E-state index contributed by atoms with van der Waals surface area (Å²) in [5.74, 6) is -0.554. The van der Waals surface area contributed by atoms with Gasteiger partial charge in [0.25, 0.3) is 0 Å². The van der Waals surface area contributed by atoms with Gasteiger partial charge in [-0.25, -0.2) is 0 Å². The van der Waals surface area contributed by atoms with Crippen LogP contribution in [0.1, 0.15) is 26.2 Å². The fourth-order valence-electron chi connectivity index (χ4n) is 3.10. The Morgan fingerprint density at radius 3 is 2.50 bits per heavy atom. The van der Waals surface area contributed by atoms with Gasteiger partial charge in [-0.15, -0.1) is 0 Å². The number of aliphatic carboxylic acids is 1. The van der Waals surface area contributed by atoms with Crippen LogP contribution in [-0.4, -0.2) is 29.1 Å². The largest absolute Gasteiger partial charge is 0.480 e. The molecule has 2 aliphatic rings. The van der Waals surface area contributed by atoms with E-state index in [9.17, 15) is 9.59 Å². The SMILES string of the molecule is CC(NC(=O)C1C2CCC(C2)C1N)C(=O)O. The highest BCUT2D eigenvalue weighted by atomic mass is 16.4. The van der Waals surface area contributed by atoms with Crippen molar-refractivity contribution >= 4 is 11.9 Å². The minimum absolute atomic E-state index is 0.0836. The number of rotatable bonds is 3. The summed E-state index contributed by atoms with van der Waals surface area (Å²) < 4.78 is 0. The van der Waals surface area contributed by atoms with E-state index < -0.39 is 12.0 Å². The predicted octanol–water partition coefficient (Wildman–Crippen LogP) is -0.0509. The third-order valence-electron chi connectivity index (χ3n) is 4.01. The number of carboxylic acids is 1. The molecule has 0 aromatic rings. The maximum Gasteiger partial charge on any atom is 0.325 e. The highest BCUT2D eigenvalue weighted by molar-refractivity contribution is 5.85. The first-order chi connectivity index (χ1) is 7.50. The molecule has 2 aliphatic carbocycles. The minimum Gasteiger partial charge on any atom is -0.480 e. The molecule has 4 N–H and O–H groups in total. The van der Waals surface area contributed by atoms with E-state index in [0.29, 0.717) is 11.8 Å². The fourth-order valence-corrected chi connectivity index (χ4v) is 3.10. The van der Waals surface area contributed by atoms with Crippen molar-refractivity contribution in [2.75, 3.05) is 0 Å². The number of amides is 1. The van der Waals surface area contributed by atoms with Crippen molar-refractivity contribution in [1.82, 2.24) is 5.32 Å². The third-order valence-corrected chi connectivity index (χ3v) is 4.01. The molecule has 5 unspecified atom stereocenters. The van der Waals surface area contributed by atoms with Crippen LogP contribution in [0.15, 0.2) is 0 Å². The van der Waals surface area contributed by atoms with Gasteiger partial charge in [0, 0.05) is 6.04 Å². The number of nitrogens with two attached hydrogens (primary N) is 1. The number of carbonyl (C=O) groups excluding carboxylic acids is 1. The van der Waals surface area contributed by atoms with Crippen LogP contribution in [0, 0.1) is 17.8 Å². The van der Waals surface area contributed by atoms with E-state index in [4.69, 9.17) is 10.8 Å². The van der Waals surface area contributed by atoms with Crippen LogP contribution in [-0.2, 0) is 9.59 Å². The van der Waals surface area contributed by atoms with Gasteiger partial charge < -0.3 is 16.2 Å². The van der Waals surface area contributed by atoms with Crippen LogP contribution in [0.5, 0.6) is 0 Å². The van der Waals surface area contributed by atoms with Gasteiger partial charge in [0.15, 0.2) is 0 Å². The van der Waals surface area contributed by atoms with Crippen LogP contribution in [0.3, 0.4) is 0 Å². The highest BCUT2D eigenvalue weighted by Crippen LogP contribution is 2.47. The summed E-state index contributed by atoms with van der Waals surface area (Å²) in [5, 5.41) is 11.2. The van der Waals surface area contributed by atoms with Crippen LogP contribution in [0.25, 0.3) is 0 Å². The fraction of sp³-hybridized carbons (Fsp3) is 0.818. The summed E-state index contributed by atoms with van der Waals surface area (Å²) in [5.41, 5.74) is 6.01. The Kier molecular flexibility index (Phi) is 2.88. The lowest BCUT2D eigenvalue weighted by Crippen LogP contribution is -2.49. The third kappa shape index (κ3) is 1.80. The molecule has 2 fully saturated rings. The molecular weight excluding hydrogens is 208 g/mol. The molecule has 2 bridgehead atoms. The Hall–Kier alpha value is -1.10. The summed E-state index contributed by atoms with van der Waals surface area (Å²) in [7, 11) is 0. The summed E-state index contributed by atoms with van der Waals surface area (Å²) in [6.45, 7) is 1.47. The molecule has 0 aliphatic heterocycles. The predicted molar refractivity (Wildman–Crippen MR) is 57.5 cm³/mol. The van der Waals surface area contributed by atoms with Crippen LogP contribution in [0.4, 0.5) is 0 Å². The van der Waals surface area contributed by atoms with E-state index in [2.05, 4.69) is 5.32 Å². The Labute approximate surface area is 94.4 Å². The molecule has 16 heavy (non-hydrogen) atoms. The van der Waals surface area contributed by atoms with Gasteiger partial charge >= 0.3 is 5.97 Å². The van der Waals surface area contributed by atoms with Crippen molar-refractivity contribution < 1.29 is 14.7 Å². The number of fused-ring (bicyclic) bond motifs is 2. The molecule has 0 aromatic heterocycles. The smallest absolute Gasteiger partial charge is 0.325 e. The molecule has 0 aromatic carbocycles. The highest BCUT2D eigenvalue weighted by Gasteiger charge is 2.49. The molecule has 5 nitrogen and oxygen atoms in total. The van der Waals surface area contributed by atoms with Gasteiger partial charge in [-0.3, -0.25) is 9.59 Å². The second kappa shape index (κ2) is 4.05. The van der Waals surface area contributed by atoms with Gasteiger partial charge in [-0.2, -0.15) is 0 Å². The average Bonchev–Trinajstić information content (AvgIpc) is 2.77. The number of carbonyl (C=O) groups is 2. The van der Waals surface area contributed by atoms with E-state index >= 15 is 0 Å². The number of hydrogen-bond donors (Lipinski definition) is 3. The van der Waals surface area contributed by atoms with Crippen molar-refractivity contribution in [1.29, 1.82) is 0 Å². The molecule has 5 heteroatoms. The lowest BCUT2D eigenvalue weighted by atomic mass is 9.84. The molecular formula is C11H18N2O3. The second-order valence-electron chi connectivity index (χ2n) is 5.00. The summed E-state index contributed by atoms with van der Waals surface area (Å²) in [4.78, 5) is 22.6. The minimum atomic E-state index is -1.01. The van der Waals surface area contributed by atoms with Gasteiger partial charge in [0.05, 0.1) is 5.92 Å². The molecule has 2 saturated carbocycles. The molecule has 90 valence electrons. The lowest BCUT2D eigenvalue weighted by molar-refractivity contribution is -0.142. The molecule has 5 atom stereocenters. The number of hydrogen-bond acceptors (Lipinski definition) is 3. The van der Waals surface area contributed by atoms with Crippen molar-refractivity contribution in [3.05, 3.63) is 0 Å². The Morgan fingerprint density at radius 2 is 2.00 bits per heavy atom. The normalized spacial score (nSPS) is 38.4. The zero-order valence-corrected chi connectivity index (χ0v) is 9.35. The maximum absolute atomic E-state index is 11.9. The van der Waals surface area contributed by atoms with Crippen LogP contribution >= 0.6 is 0 Å². The van der Waals surface area contributed by atoms with Crippen LogP contribution < -0.4 is 11.1 Å². The van der Waals surface area contributed by atoms with E-state index in [1.807, 2.05) is 0 Å². The molecule has 0 heterocycles. The number of nitrogens with one attached hydrogen (secondary N) is 1. The van der Waals surface area contributed by atoms with Gasteiger partial charge in [-0.1, -0.05) is 0 Å².